The molecule has 7 heteroatoms. The number of amides is 1. The van der Waals surface area contributed by atoms with E-state index in [0.717, 1.165) is 43.4 Å². The third-order valence-corrected chi connectivity index (χ3v) is 6.83. The highest BCUT2D eigenvalue weighted by Gasteiger charge is 2.16. The van der Waals surface area contributed by atoms with Crippen molar-refractivity contribution in [2.24, 2.45) is 5.73 Å². The summed E-state index contributed by atoms with van der Waals surface area (Å²) in [4.78, 5) is 17.4. The average Bonchev–Trinajstić information content (AvgIpc) is 3.34. The summed E-state index contributed by atoms with van der Waals surface area (Å²) in [5.74, 6) is -0.795. The molecule has 0 saturated heterocycles. The Kier molecular flexibility index (Phi) is 10.0. The number of primary amides is 1. The normalized spacial score (nSPS) is 12.3. The number of aryl methyl sites for hydroxylation is 1. The average molecular weight is 518 g/mol. The lowest BCUT2D eigenvalue weighted by molar-refractivity contribution is -0.130. The number of ether oxygens (including phenoxy) is 1. The van der Waals surface area contributed by atoms with Crippen LogP contribution in [-0.2, 0) is 35.5 Å². The Labute approximate surface area is 223 Å². The number of aromatic amines is 1. The van der Waals surface area contributed by atoms with Gasteiger partial charge in [-0.2, -0.15) is 0 Å². The number of nitrogens with two attached hydrogens (primary N) is 1. The number of nitrogens with zero attached hydrogens (tertiary/aromatic N) is 1. The maximum absolute atomic E-state index is 13.1. The van der Waals surface area contributed by atoms with Crippen molar-refractivity contribution >= 4 is 16.8 Å². The van der Waals surface area contributed by atoms with Gasteiger partial charge in [0.1, 0.15) is 11.9 Å². The lowest BCUT2D eigenvalue weighted by Crippen LogP contribution is -2.31. The molecule has 6 nitrogen and oxygen atoms in total. The maximum Gasteiger partial charge on any atom is 0.246 e. The van der Waals surface area contributed by atoms with Crippen LogP contribution in [0.3, 0.4) is 0 Å². The number of nitrogens with one attached hydrogen (secondary N) is 1. The highest BCUT2D eigenvalue weighted by atomic mass is 19.1. The summed E-state index contributed by atoms with van der Waals surface area (Å²) in [6.45, 7) is 2.58. The number of halogens is 1. The first-order valence-electron chi connectivity index (χ1n) is 13.1. The van der Waals surface area contributed by atoms with Gasteiger partial charge >= 0.3 is 0 Å². The van der Waals surface area contributed by atoms with Crippen molar-refractivity contribution in [1.82, 2.24) is 9.88 Å². The number of benzene rings is 3. The molecule has 1 amide bonds. The van der Waals surface area contributed by atoms with Crippen molar-refractivity contribution in [2.45, 2.75) is 44.9 Å². The van der Waals surface area contributed by atoms with E-state index in [-0.39, 0.29) is 19.0 Å². The molecule has 0 bridgehead atoms. The first-order chi connectivity index (χ1) is 18.5. The van der Waals surface area contributed by atoms with E-state index in [1.165, 1.54) is 34.2 Å². The Bertz CT molecular complexity index is 1290. The number of aromatic nitrogens is 1. The van der Waals surface area contributed by atoms with E-state index < -0.39 is 12.0 Å². The lowest BCUT2D eigenvalue weighted by Gasteiger charge is -2.21. The summed E-state index contributed by atoms with van der Waals surface area (Å²) in [7, 11) is 0. The summed E-state index contributed by atoms with van der Waals surface area (Å²) in [5, 5.41) is 10.8. The fraction of sp³-hybridized carbons (Fsp3) is 0.323. The fourth-order valence-electron chi connectivity index (χ4n) is 4.67. The number of aliphatic hydroxyl groups excluding tert-OH is 1. The predicted molar refractivity (Wildman–Crippen MR) is 148 cm³/mol. The smallest absolute Gasteiger partial charge is 0.246 e. The largest absolute Gasteiger partial charge is 0.395 e. The lowest BCUT2D eigenvalue weighted by atomic mass is 10.0. The summed E-state index contributed by atoms with van der Waals surface area (Å²) < 4.78 is 18.8. The van der Waals surface area contributed by atoms with Crippen molar-refractivity contribution in [2.75, 3.05) is 19.7 Å². The molecule has 38 heavy (non-hydrogen) atoms. The summed E-state index contributed by atoms with van der Waals surface area (Å²) >= 11 is 0. The number of H-pyrrole nitrogens is 1. The fourth-order valence-corrected chi connectivity index (χ4v) is 4.67. The van der Waals surface area contributed by atoms with E-state index in [0.29, 0.717) is 13.0 Å². The molecule has 4 aromatic rings. The third-order valence-electron chi connectivity index (χ3n) is 6.83. The Hall–Kier alpha value is -3.52. The van der Waals surface area contributed by atoms with Crippen molar-refractivity contribution in [3.05, 3.63) is 107 Å². The second-order valence-electron chi connectivity index (χ2n) is 9.65. The molecule has 1 heterocycles. The first-order valence-corrected chi connectivity index (χ1v) is 13.1. The van der Waals surface area contributed by atoms with Crippen LogP contribution >= 0.6 is 0 Å². The van der Waals surface area contributed by atoms with Crippen LogP contribution in [0.15, 0.2) is 79.0 Å². The molecule has 0 spiro atoms. The van der Waals surface area contributed by atoms with Gasteiger partial charge in [-0.15, -0.1) is 0 Å². The van der Waals surface area contributed by atoms with Gasteiger partial charge in [-0.25, -0.2) is 4.39 Å². The quantitative estimate of drug-likeness (QED) is 0.212. The molecule has 4 N–H and O–H groups in total. The minimum Gasteiger partial charge on any atom is -0.395 e. The molecule has 3 aromatic carbocycles. The number of aliphatic hydroxyl groups is 1. The molecular weight excluding hydrogens is 481 g/mol. The zero-order chi connectivity index (χ0) is 26.7. The molecule has 1 aromatic heterocycles. The van der Waals surface area contributed by atoms with Crippen LogP contribution in [0.1, 0.15) is 35.1 Å². The molecule has 0 saturated carbocycles. The van der Waals surface area contributed by atoms with Gasteiger partial charge in [0.25, 0.3) is 0 Å². The summed E-state index contributed by atoms with van der Waals surface area (Å²) in [6, 6.07) is 22.8. The monoisotopic (exact) mass is 517 g/mol. The number of hydrogen-bond acceptors (Lipinski definition) is 4. The summed E-state index contributed by atoms with van der Waals surface area (Å²) in [5.41, 5.74) is 11.1. The van der Waals surface area contributed by atoms with E-state index >= 15 is 0 Å². The Balaban J connectivity index is 1.24. The van der Waals surface area contributed by atoms with Gasteiger partial charge in [0.2, 0.25) is 5.91 Å². The highest BCUT2D eigenvalue weighted by molar-refractivity contribution is 5.83. The van der Waals surface area contributed by atoms with Gasteiger partial charge < -0.3 is 20.6 Å². The van der Waals surface area contributed by atoms with Crippen LogP contribution in [0.25, 0.3) is 10.9 Å². The third kappa shape index (κ3) is 7.99. The number of carbonyl (C=O) groups is 1. The number of fused-ring (bicyclic) bond motifs is 1. The van der Waals surface area contributed by atoms with Crippen LogP contribution in [0.5, 0.6) is 0 Å². The van der Waals surface area contributed by atoms with Gasteiger partial charge in [-0.1, -0.05) is 54.6 Å². The number of carbonyl (C=O) groups excluding carboxylic acids is 1. The predicted octanol–water partition coefficient (Wildman–Crippen LogP) is 4.74. The van der Waals surface area contributed by atoms with Gasteiger partial charge in [0, 0.05) is 36.7 Å². The molecule has 0 aliphatic heterocycles. The molecule has 1 unspecified atom stereocenters. The van der Waals surface area contributed by atoms with E-state index in [1.54, 1.807) is 12.1 Å². The van der Waals surface area contributed by atoms with Gasteiger partial charge in [-0.05, 0) is 66.1 Å². The SMILES string of the molecule is NC(=O)C(CCCc1ccc(CN(CCO)CCc2c[nH]c3ccccc23)cc1)OCc1ccc(F)cc1. The van der Waals surface area contributed by atoms with Crippen LogP contribution in [-0.4, -0.2) is 46.7 Å². The number of para-hydroxylation sites is 1. The van der Waals surface area contributed by atoms with E-state index in [9.17, 15) is 14.3 Å². The molecule has 4 rings (SSSR count). The van der Waals surface area contributed by atoms with Crippen molar-refractivity contribution in [1.29, 1.82) is 0 Å². The molecule has 1 atom stereocenters. The zero-order valence-corrected chi connectivity index (χ0v) is 21.6. The second-order valence-corrected chi connectivity index (χ2v) is 9.65. The van der Waals surface area contributed by atoms with Crippen LogP contribution in [0.2, 0.25) is 0 Å². The second kappa shape index (κ2) is 13.9. The Morgan fingerprint density at radius 2 is 1.66 bits per heavy atom. The van der Waals surface area contributed by atoms with Gasteiger partial charge in [0.05, 0.1) is 13.2 Å². The standard InChI is InChI=1S/C31H36FN3O3/c32-27-14-12-25(13-15-27)22-38-30(31(33)37)7-3-4-23-8-10-24(11-9-23)21-35(18-19-36)17-16-26-20-34-29-6-2-1-5-28(26)29/h1-2,5-6,8-15,20,30,34,36H,3-4,7,16-19,21-22H2,(H2,33,37). The van der Waals surface area contributed by atoms with Crippen molar-refractivity contribution in [3.63, 3.8) is 0 Å². The van der Waals surface area contributed by atoms with Crippen LogP contribution in [0, 0.1) is 5.82 Å². The first kappa shape index (κ1) is 27.5. The molecule has 0 fully saturated rings. The zero-order valence-electron chi connectivity index (χ0n) is 21.6. The van der Waals surface area contributed by atoms with Crippen molar-refractivity contribution < 1.29 is 19.0 Å². The minimum absolute atomic E-state index is 0.121. The Morgan fingerprint density at radius 3 is 2.39 bits per heavy atom. The molecule has 0 radical (unpaired) electrons. The number of rotatable bonds is 15. The molecule has 200 valence electrons. The van der Waals surface area contributed by atoms with E-state index in [2.05, 4.69) is 58.5 Å². The molecule has 0 aliphatic rings. The van der Waals surface area contributed by atoms with Crippen molar-refractivity contribution in [3.8, 4) is 0 Å². The van der Waals surface area contributed by atoms with Crippen LogP contribution < -0.4 is 5.73 Å². The summed E-state index contributed by atoms with van der Waals surface area (Å²) in [6.07, 6.45) is 4.40. The van der Waals surface area contributed by atoms with Gasteiger partial charge in [-0.3, -0.25) is 9.69 Å². The topological polar surface area (TPSA) is 91.6 Å². The van der Waals surface area contributed by atoms with Crippen LogP contribution in [0.4, 0.5) is 4.39 Å². The molecule has 0 aliphatic carbocycles. The van der Waals surface area contributed by atoms with E-state index in [1.807, 2.05) is 6.07 Å². The maximum atomic E-state index is 13.1. The van der Waals surface area contributed by atoms with Gasteiger partial charge in [0.15, 0.2) is 0 Å². The molecular formula is C31H36FN3O3. The van der Waals surface area contributed by atoms with E-state index in [4.69, 9.17) is 10.5 Å². The highest BCUT2D eigenvalue weighted by Crippen LogP contribution is 2.19. The number of hydrogen-bond donors (Lipinski definition) is 3. The Morgan fingerprint density at radius 1 is 0.947 bits per heavy atom. The minimum atomic E-state index is -0.677.